The maximum absolute atomic E-state index is 12.4. The molecule has 1 N–H and O–H groups in total. The minimum absolute atomic E-state index is 0.238. The van der Waals surface area contributed by atoms with E-state index in [4.69, 9.17) is 39.2 Å². The number of amides is 1. The standard InChI is InChI=1S/C21H13Cl3N2O2/c1-11-2-3-13(8-16(11)23)20(27)25-15-6-4-12(5-7-15)21-26-18-10-14(22)9-17(24)19(18)28-21/h2-10H,1H3,(H,25,27). The topological polar surface area (TPSA) is 55.1 Å². The Morgan fingerprint density at radius 2 is 1.71 bits per heavy atom. The summed E-state index contributed by atoms with van der Waals surface area (Å²) in [6, 6.07) is 15.6. The molecular weight excluding hydrogens is 419 g/mol. The molecule has 4 rings (SSSR count). The van der Waals surface area contributed by atoms with Crippen LogP contribution in [0.2, 0.25) is 15.1 Å². The number of benzene rings is 3. The fraction of sp³-hybridized carbons (Fsp3) is 0.0476. The molecule has 7 heteroatoms. The number of fused-ring (bicyclic) bond motifs is 1. The molecule has 1 aromatic heterocycles. The third-order valence-electron chi connectivity index (χ3n) is 4.23. The Morgan fingerprint density at radius 1 is 0.964 bits per heavy atom. The van der Waals surface area contributed by atoms with E-state index in [1.54, 1.807) is 48.5 Å². The summed E-state index contributed by atoms with van der Waals surface area (Å²) < 4.78 is 5.75. The van der Waals surface area contributed by atoms with Crippen LogP contribution < -0.4 is 5.32 Å². The third-order valence-corrected chi connectivity index (χ3v) is 5.14. The third kappa shape index (κ3) is 3.72. The van der Waals surface area contributed by atoms with Crippen LogP contribution in [0.5, 0.6) is 0 Å². The van der Waals surface area contributed by atoms with Crippen LogP contribution in [0, 0.1) is 6.92 Å². The number of aryl methyl sites for hydroxylation is 1. The van der Waals surface area contributed by atoms with E-state index in [1.165, 1.54) is 0 Å². The average Bonchev–Trinajstić information content (AvgIpc) is 3.09. The van der Waals surface area contributed by atoms with Crippen LogP contribution in [0.1, 0.15) is 15.9 Å². The number of carbonyl (C=O) groups is 1. The highest BCUT2D eigenvalue weighted by atomic mass is 35.5. The smallest absolute Gasteiger partial charge is 0.255 e. The quantitative estimate of drug-likeness (QED) is 0.379. The van der Waals surface area contributed by atoms with Crippen LogP contribution >= 0.6 is 34.8 Å². The van der Waals surface area contributed by atoms with Crippen molar-refractivity contribution in [3.63, 3.8) is 0 Å². The van der Waals surface area contributed by atoms with Crippen molar-refractivity contribution in [1.82, 2.24) is 4.98 Å². The fourth-order valence-corrected chi connectivity index (χ4v) is 3.42. The summed E-state index contributed by atoms with van der Waals surface area (Å²) in [5, 5.41) is 4.29. The largest absolute Gasteiger partial charge is 0.435 e. The lowest BCUT2D eigenvalue weighted by Gasteiger charge is -2.07. The van der Waals surface area contributed by atoms with Gasteiger partial charge in [0.1, 0.15) is 5.52 Å². The molecule has 0 fully saturated rings. The molecule has 0 radical (unpaired) electrons. The molecule has 0 unspecified atom stereocenters. The molecule has 140 valence electrons. The lowest BCUT2D eigenvalue weighted by Crippen LogP contribution is -2.11. The molecule has 0 saturated carbocycles. The van der Waals surface area contributed by atoms with Crippen molar-refractivity contribution < 1.29 is 9.21 Å². The molecule has 1 amide bonds. The van der Waals surface area contributed by atoms with Gasteiger partial charge in [0.2, 0.25) is 5.89 Å². The lowest BCUT2D eigenvalue weighted by atomic mass is 10.1. The zero-order chi connectivity index (χ0) is 19.8. The van der Waals surface area contributed by atoms with Gasteiger partial charge in [0, 0.05) is 26.9 Å². The van der Waals surface area contributed by atoms with Gasteiger partial charge in [-0.05, 0) is 61.0 Å². The van der Waals surface area contributed by atoms with E-state index in [1.807, 2.05) is 13.0 Å². The van der Waals surface area contributed by atoms with Gasteiger partial charge in [-0.3, -0.25) is 4.79 Å². The van der Waals surface area contributed by atoms with Crippen LogP contribution in [-0.4, -0.2) is 10.9 Å². The Morgan fingerprint density at radius 3 is 2.43 bits per heavy atom. The van der Waals surface area contributed by atoms with Crippen molar-refractivity contribution in [2.75, 3.05) is 5.32 Å². The van der Waals surface area contributed by atoms with Crippen molar-refractivity contribution in [1.29, 1.82) is 0 Å². The van der Waals surface area contributed by atoms with Gasteiger partial charge in [-0.2, -0.15) is 0 Å². The highest BCUT2D eigenvalue weighted by molar-refractivity contribution is 6.38. The van der Waals surface area contributed by atoms with Crippen molar-refractivity contribution in [3.8, 4) is 11.5 Å². The Balaban J connectivity index is 1.56. The molecule has 28 heavy (non-hydrogen) atoms. The van der Waals surface area contributed by atoms with E-state index in [9.17, 15) is 4.79 Å². The lowest BCUT2D eigenvalue weighted by molar-refractivity contribution is 0.102. The molecule has 0 atom stereocenters. The first kappa shape index (κ1) is 18.8. The van der Waals surface area contributed by atoms with Crippen LogP contribution in [0.4, 0.5) is 5.69 Å². The van der Waals surface area contributed by atoms with E-state index >= 15 is 0 Å². The van der Waals surface area contributed by atoms with Gasteiger partial charge >= 0.3 is 0 Å². The number of rotatable bonds is 3. The number of aromatic nitrogens is 1. The Hall–Kier alpha value is -2.53. The molecule has 3 aromatic carbocycles. The van der Waals surface area contributed by atoms with Crippen LogP contribution in [0.3, 0.4) is 0 Å². The number of halogens is 3. The van der Waals surface area contributed by atoms with Gasteiger partial charge < -0.3 is 9.73 Å². The summed E-state index contributed by atoms with van der Waals surface area (Å²) in [6.45, 7) is 1.88. The van der Waals surface area contributed by atoms with Crippen LogP contribution in [0.15, 0.2) is 59.0 Å². The number of hydrogen-bond donors (Lipinski definition) is 1. The number of oxazole rings is 1. The van der Waals surface area contributed by atoms with E-state index in [0.717, 1.165) is 11.1 Å². The highest BCUT2D eigenvalue weighted by Gasteiger charge is 2.13. The summed E-state index contributed by atoms with van der Waals surface area (Å²) in [5.74, 6) is 0.181. The van der Waals surface area contributed by atoms with E-state index < -0.39 is 0 Å². The molecule has 0 aliphatic heterocycles. The van der Waals surface area contributed by atoms with Crippen LogP contribution in [-0.2, 0) is 0 Å². The second-order valence-corrected chi connectivity index (χ2v) is 7.50. The van der Waals surface area contributed by atoms with Gasteiger partial charge in [0.15, 0.2) is 5.58 Å². The predicted molar refractivity (Wildman–Crippen MR) is 114 cm³/mol. The first-order valence-electron chi connectivity index (χ1n) is 8.34. The van der Waals surface area contributed by atoms with Crippen molar-refractivity contribution in [3.05, 3.63) is 80.8 Å². The van der Waals surface area contributed by atoms with E-state index in [2.05, 4.69) is 10.3 Å². The zero-order valence-electron chi connectivity index (χ0n) is 14.6. The maximum atomic E-state index is 12.4. The van der Waals surface area contributed by atoms with Gasteiger partial charge in [-0.1, -0.05) is 40.9 Å². The Kier molecular flexibility index (Phi) is 5.02. The first-order valence-corrected chi connectivity index (χ1v) is 9.47. The van der Waals surface area contributed by atoms with E-state index in [0.29, 0.717) is 43.3 Å². The monoisotopic (exact) mass is 430 g/mol. The predicted octanol–water partition coefficient (Wildman–Crippen LogP) is 7.02. The molecular formula is C21H13Cl3N2O2. The molecule has 0 spiro atoms. The summed E-state index contributed by atoms with van der Waals surface area (Å²) >= 11 is 18.2. The Labute approximate surface area is 176 Å². The highest BCUT2D eigenvalue weighted by Crippen LogP contribution is 2.32. The summed E-state index contributed by atoms with van der Waals surface area (Å²) in [5.41, 5.74) is 3.87. The molecule has 4 aromatic rings. The molecule has 0 bridgehead atoms. The average molecular weight is 432 g/mol. The van der Waals surface area contributed by atoms with Gasteiger partial charge in [0.05, 0.1) is 5.02 Å². The minimum atomic E-state index is -0.238. The molecule has 4 nitrogen and oxygen atoms in total. The van der Waals surface area contributed by atoms with Crippen molar-refractivity contribution >= 4 is 57.5 Å². The van der Waals surface area contributed by atoms with Crippen LogP contribution in [0.25, 0.3) is 22.6 Å². The summed E-state index contributed by atoms with van der Waals surface area (Å²) in [4.78, 5) is 16.8. The normalized spacial score (nSPS) is 11.0. The number of hydrogen-bond acceptors (Lipinski definition) is 3. The minimum Gasteiger partial charge on any atom is -0.435 e. The maximum Gasteiger partial charge on any atom is 0.255 e. The number of carbonyl (C=O) groups excluding carboxylic acids is 1. The SMILES string of the molecule is Cc1ccc(C(=O)Nc2ccc(-c3nc4cc(Cl)cc(Cl)c4o3)cc2)cc1Cl. The molecule has 0 aliphatic rings. The van der Waals surface area contributed by atoms with Crippen molar-refractivity contribution in [2.45, 2.75) is 6.92 Å². The number of anilines is 1. The second kappa shape index (κ2) is 7.47. The van der Waals surface area contributed by atoms with Gasteiger partial charge in [-0.15, -0.1) is 0 Å². The molecule has 0 saturated heterocycles. The summed E-state index contributed by atoms with van der Waals surface area (Å²) in [6.07, 6.45) is 0. The van der Waals surface area contributed by atoms with E-state index in [-0.39, 0.29) is 5.91 Å². The second-order valence-electron chi connectivity index (χ2n) is 6.25. The first-order chi connectivity index (χ1) is 13.4. The fourth-order valence-electron chi connectivity index (χ4n) is 2.72. The summed E-state index contributed by atoms with van der Waals surface area (Å²) in [7, 11) is 0. The van der Waals surface area contributed by atoms with Gasteiger partial charge in [-0.25, -0.2) is 4.98 Å². The number of nitrogens with one attached hydrogen (secondary N) is 1. The molecule has 0 aliphatic carbocycles. The van der Waals surface area contributed by atoms with Gasteiger partial charge in [0.25, 0.3) is 5.91 Å². The molecule has 1 heterocycles. The Bertz CT molecular complexity index is 1200. The zero-order valence-corrected chi connectivity index (χ0v) is 16.9. The number of nitrogens with zero attached hydrogens (tertiary/aromatic N) is 1. The van der Waals surface area contributed by atoms with Crippen molar-refractivity contribution in [2.24, 2.45) is 0 Å².